The predicted molar refractivity (Wildman–Crippen MR) is 102 cm³/mol. The first kappa shape index (κ1) is 19.4. The van der Waals surface area contributed by atoms with E-state index in [0.717, 1.165) is 17.1 Å². The second kappa shape index (κ2) is 10.1. The van der Waals surface area contributed by atoms with E-state index < -0.39 is 0 Å². The van der Waals surface area contributed by atoms with Crippen LogP contribution in [0.25, 0.3) is 0 Å². The fourth-order valence-electron chi connectivity index (χ4n) is 2.23. The zero-order chi connectivity index (χ0) is 18.8. The van der Waals surface area contributed by atoms with E-state index >= 15 is 0 Å². The molecule has 0 aliphatic rings. The van der Waals surface area contributed by atoms with Crippen LogP contribution < -0.4 is 24.8 Å². The minimum Gasteiger partial charge on any atom is -0.497 e. The molecule has 2 aromatic rings. The number of hydrogen-bond acceptors (Lipinski definition) is 5. The van der Waals surface area contributed by atoms with Gasteiger partial charge in [-0.25, -0.2) is 4.98 Å². The summed E-state index contributed by atoms with van der Waals surface area (Å²) in [5.74, 6) is 2.83. The van der Waals surface area contributed by atoms with Crippen molar-refractivity contribution in [2.45, 2.75) is 19.6 Å². The average molecular weight is 358 g/mol. The summed E-state index contributed by atoms with van der Waals surface area (Å²) in [4.78, 5) is 8.40. The molecule has 0 aliphatic heterocycles. The van der Waals surface area contributed by atoms with Crippen LogP contribution in [0.2, 0.25) is 0 Å². The minimum absolute atomic E-state index is 0.0386. The Hall–Kier alpha value is -2.96. The van der Waals surface area contributed by atoms with Gasteiger partial charge in [-0.2, -0.15) is 0 Å². The maximum Gasteiger partial charge on any atom is 0.212 e. The van der Waals surface area contributed by atoms with Crippen LogP contribution in [0.5, 0.6) is 17.4 Å². The van der Waals surface area contributed by atoms with E-state index in [2.05, 4.69) is 20.6 Å². The average Bonchev–Trinajstić information content (AvgIpc) is 2.68. The fourth-order valence-corrected chi connectivity index (χ4v) is 2.23. The lowest BCUT2D eigenvalue weighted by Gasteiger charge is -2.18. The van der Waals surface area contributed by atoms with Crippen LogP contribution in [0.3, 0.4) is 0 Å². The number of ether oxygens (including phenoxy) is 3. The summed E-state index contributed by atoms with van der Waals surface area (Å²) in [5, 5.41) is 6.49. The van der Waals surface area contributed by atoms with Crippen molar-refractivity contribution in [2.24, 2.45) is 4.99 Å². The van der Waals surface area contributed by atoms with E-state index in [1.165, 1.54) is 0 Å². The molecule has 1 atom stereocenters. The summed E-state index contributed by atoms with van der Waals surface area (Å²) in [6.07, 6.45) is 1.73. The second-order valence-electron chi connectivity index (χ2n) is 5.62. The van der Waals surface area contributed by atoms with Crippen molar-refractivity contribution in [2.75, 3.05) is 27.8 Å². The summed E-state index contributed by atoms with van der Waals surface area (Å²) in [5.41, 5.74) is 1.04. The van der Waals surface area contributed by atoms with Gasteiger partial charge in [-0.1, -0.05) is 12.1 Å². The molecule has 1 unspecified atom stereocenters. The van der Waals surface area contributed by atoms with Crippen molar-refractivity contribution in [3.05, 3.63) is 48.2 Å². The van der Waals surface area contributed by atoms with Gasteiger partial charge in [-0.15, -0.1) is 0 Å². The van der Waals surface area contributed by atoms with Crippen LogP contribution in [0.1, 0.15) is 12.5 Å². The van der Waals surface area contributed by atoms with Gasteiger partial charge in [-0.3, -0.25) is 4.99 Å². The molecule has 0 radical (unpaired) electrons. The molecule has 1 heterocycles. The van der Waals surface area contributed by atoms with Gasteiger partial charge in [0.2, 0.25) is 5.88 Å². The lowest BCUT2D eigenvalue weighted by Crippen LogP contribution is -2.41. The Balaban J connectivity index is 1.78. The summed E-state index contributed by atoms with van der Waals surface area (Å²) in [7, 11) is 4.97. The molecule has 0 bridgehead atoms. The lowest BCUT2D eigenvalue weighted by molar-refractivity contribution is 0.223. The van der Waals surface area contributed by atoms with Crippen molar-refractivity contribution in [3.8, 4) is 17.4 Å². The monoisotopic (exact) mass is 358 g/mol. The largest absolute Gasteiger partial charge is 0.497 e. The first-order valence-electron chi connectivity index (χ1n) is 8.38. The van der Waals surface area contributed by atoms with E-state index in [-0.39, 0.29) is 6.10 Å². The summed E-state index contributed by atoms with van der Waals surface area (Å²) < 4.78 is 16.1. The molecule has 0 amide bonds. The van der Waals surface area contributed by atoms with Crippen molar-refractivity contribution in [1.29, 1.82) is 0 Å². The smallest absolute Gasteiger partial charge is 0.212 e. The first-order valence-corrected chi connectivity index (χ1v) is 8.38. The molecule has 0 aliphatic carbocycles. The Morgan fingerprint density at radius 3 is 2.58 bits per heavy atom. The van der Waals surface area contributed by atoms with E-state index in [9.17, 15) is 0 Å². The highest BCUT2D eigenvalue weighted by molar-refractivity contribution is 5.79. The number of benzene rings is 1. The molecule has 0 fully saturated rings. The number of pyridine rings is 1. The van der Waals surface area contributed by atoms with Gasteiger partial charge in [0.05, 0.1) is 20.8 Å². The van der Waals surface area contributed by atoms with Crippen molar-refractivity contribution in [1.82, 2.24) is 15.6 Å². The minimum atomic E-state index is -0.0386. The fraction of sp³-hybridized carbons (Fsp3) is 0.368. The number of rotatable bonds is 8. The molecular formula is C19H26N4O3. The summed E-state index contributed by atoms with van der Waals surface area (Å²) in [6.45, 7) is 3.21. The van der Waals surface area contributed by atoms with Gasteiger partial charge >= 0.3 is 0 Å². The quantitative estimate of drug-likeness (QED) is 0.557. The van der Waals surface area contributed by atoms with Crippen LogP contribution in [0, 0.1) is 0 Å². The molecular weight excluding hydrogens is 332 g/mol. The molecule has 7 heteroatoms. The molecule has 0 spiro atoms. The molecule has 26 heavy (non-hydrogen) atoms. The molecule has 1 aromatic heterocycles. The normalized spacial score (nSPS) is 12.2. The zero-order valence-corrected chi connectivity index (χ0v) is 15.7. The standard InChI is InChI=1S/C19H26N4O3/c1-14(26-17-7-5-6-16(10-17)24-3)11-22-19(20-2)23-13-15-8-9-18(25-4)21-12-15/h5-10,12,14H,11,13H2,1-4H3,(H2,20,22,23). The number of hydrogen-bond donors (Lipinski definition) is 2. The van der Waals surface area contributed by atoms with Crippen LogP contribution >= 0.6 is 0 Å². The maximum atomic E-state index is 5.89. The molecule has 2 N–H and O–H groups in total. The number of aliphatic imine (C=N–C) groups is 1. The molecule has 2 rings (SSSR count). The van der Waals surface area contributed by atoms with Crippen LogP contribution in [0.4, 0.5) is 0 Å². The first-order chi connectivity index (χ1) is 12.6. The van der Waals surface area contributed by atoms with Crippen LogP contribution in [-0.2, 0) is 6.54 Å². The van der Waals surface area contributed by atoms with Crippen LogP contribution in [-0.4, -0.2) is 44.9 Å². The zero-order valence-electron chi connectivity index (χ0n) is 15.7. The van der Waals surface area contributed by atoms with Gasteiger partial charge in [0.1, 0.15) is 17.6 Å². The molecule has 0 saturated heterocycles. The third kappa shape index (κ3) is 6.16. The van der Waals surface area contributed by atoms with Gasteiger partial charge in [0.15, 0.2) is 5.96 Å². The van der Waals surface area contributed by atoms with E-state index in [0.29, 0.717) is 24.9 Å². The topological polar surface area (TPSA) is 77.0 Å². The lowest BCUT2D eigenvalue weighted by atomic mass is 10.3. The Morgan fingerprint density at radius 2 is 1.92 bits per heavy atom. The van der Waals surface area contributed by atoms with E-state index in [1.807, 2.05) is 43.3 Å². The van der Waals surface area contributed by atoms with Gasteiger partial charge in [-0.05, 0) is 24.6 Å². The highest BCUT2D eigenvalue weighted by Gasteiger charge is 2.07. The molecule has 1 aromatic carbocycles. The molecule has 7 nitrogen and oxygen atoms in total. The van der Waals surface area contributed by atoms with Crippen molar-refractivity contribution >= 4 is 5.96 Å². The van der Waals surface area contributed by atoms with E-state index in [4.69, 9.17) is 14.2 Å². The number of nitrogens with zero attached hydrogens (tertiary/aromatic N) is 2. The van der Waals surface area contributed by atoms with E-state index in [1.54, 1.807) is 27.5 Å². The SMILES string of the molecule is CN=C(NCc1ccc(OC)nc1)NCC(C)Oc1cccc(OC)c1. The molecule has 0 saturated carbocycles. The maximum absolute atomic E-state index is 5.89. The Kier molecular flexibility index (Phi) is 7.54. The van der Waals surface area contributed by atoms with Gasteiger partial charge < -0.3 is 24.8 Å². The third-order valence-electron chi connectivity index (χ3n) is 3.63. The Labute approximate surface area is 154 Å². The number of guanidine groups is 1. The number of nitrogens with one attached hydrogen (secondary N) is 2. The highest BCUT2D eigenvalue weighted by Crippen LogP contribution is 2.19. The summed E-state index contributed by atoms with van der Waals surface area (Å²) >= 11 is 0. The third-order valence-corrected chi connectivity index (χ3v) is 3.63. The number of methoxy groups -OCH3 is 2. The predicted octanol–water partition coefficient (Wildman–Crippen LogP) is 2.23. The van der Waals surface area contributed by atoms with Gasteiger partial charge in [0.25, 0.3) is 0 Å². The number of aromatic nitrogens is 1. The van der Waals surface area contributed by atoms with Gasteiger partial charge in [0, 0.05) is 31.9 Å². The highest BCUT2D eigenvalue weighted by atomic mass is 16.5. The summed E-state index contributed by atoms with van der Waals surface area (Å²) in [6, 6.07) is 11.3. The van der Waals surface area contributed by atoms with Crippen molar-refractivity contribution < 1.29 is 14.2 Å². The van der Waals surface area contributed by atoms with Crippen LogP contribution in [0.15, 0.2) is 47.6 Å². The van der Waals surface area contributed by atoms with Crippen molar-refractivity contribution in [3.63, 3.8) is 0 Å². The molecule has 140 valence electrons. The second-order valence-corrected chi connectivity index (χ2v) is 5.62. The Bertz CT molecular complexity index is 704. The Morgan fingerprint density at radius 1 is 1.12 bits per heavy atom.